The van der Waals surface area contributed by atoms with Crippen LogP contribution in [0.15, 0.2) is 0 Å². The largest absolute Gasteiger partial charge is 0.349 e. The maximum Gasteiger partial charge on any atom is 0.171 e. The molecule has 0 bridgehead atoms. The lowest BCUT2D eigenvalue weighted by molar-refractivity contribution is -0.267. The number of hydrogen-bond acceptors (Lipinski definition) is 2. The molecular formula is C12H22O2. The van der Waals surface area contributed by atoms with E-state index in [1.807, 2.05) is 0 Å². The van der Waals surface area contributed by atoms with Crippen LogP contribution in [0.3, 0.4) is 0 Å². The van der Waals surface area contributed by atoms with E-state index in [2.05, 4.69) is 27.7 Å². The Morgan fingerprint density at radius 1 is 1.14 bits per heavy atom. The smallest absolute Gasteiger partial charge is 0.171 e. The van der Waals surface area contributed by atoms with Crippen LogP contribution in [0.2, 0.25) is 0 Å². The van der Waals surface area contributed by atoms with E-state index in [1.165, 1.54) is 6.42 Å². The van der Waals surface area contributed by atoms with Gasteiger partial charge in [0.05, 0.1) is 12.7 Å². The molecule has 0 radical (unpaired) electrons. The zero-order valence-corrected chi connectivity index (χ0v) is 9.75. The fraction of sp³-hybridized carbons (Fsp3) is 1.00. The van der Waals surface area contributed by atoms with E-state index < -0.39 is 0 Å². The van der Waals surface area contributed by atoms with Crippen molar-refractivity contribution in [2.75, 3.05) is 6.61 Å². The first-order chi connectivity index (χ1) is 6.55. The maximum atomic E-state index is 6.04. The monoisotopic (exact) mass is 198 g/mol. The third-order valence-corrected chi connectivity index (χ3v) is 4.21. The molecule has 2 heterocycles. The SMILES string of the molecule is CC1CCC2(OC1)OC(C)C(C)C2C. The van der Waals surface area contributed by atoms with E-state index in [1.54, 1.807) is 0 Å². The molecule has 14 heavy (non-hydrogen) atoms. The van der Waals surface area contributed by atoms with Crippen LogP contribution >= 0.6 is 0 Å². The summed E-state index contributed by atoms with van der Waals surface area (Å²) >= 11 is 0. The molecule has 2 aliphatic heterocycles. The molecule has 0 N–H and O–H groups in total. The summed E-state index contributed by atoms with van der Waals surface area (Å²) in [5.41, 5.74) is 0. The summed E-state index contributed by atoms with van der Waals surface area (Å²) in [6.07, 6.45) is 2.66. The molecule has 82 valence electrons. The normalized spacial score (nSPS) is 54.0. The van der Waals surface area contributed by atoms with Gasteiger partial charge in [-0.15, -0.1) is 0 Å². The van der Waals surface area contributed by atoms with Crippen molar-refractivity contribution in [2.45, 2.75) is 52.4 Å². The van der Waals surface area contributed by atoms with Gasteiger partial charge in [0.1, 0.15) is 0 Å². The Labute approximate surface area is 87.0 Å². The first kappa shape index (κ1) is 10.4. The van der Waals surface area contributed by atoms with E-state index >= 15 is 0 Å². The quantitative estimate of drug-likeness (QED) is 0.596. The fourth-order valence-corrected chi connectivity index (χ4v) is 2.67. The second-order valence-corrected chi connectivity index (χ2v) is 5.24. The second kappa shape index (κ2) is 3.49. The minimum absolute atomic E-state index is 0.245. The summed E-state index contributed by atoms with van der Waals surface area (Å²) in [5.74, 6) is 1.60. The molecule has 5 atom stereocenters. The van der Waals surface area contributed by atoms with Crippen LogP contribution in [0.5, 0.6) is 0 Å². The molecule has 2 aliphatic rings. The van der Waals surface area contributed by atoms with Crippen LogP contribution < -0.4 is 0 Å². The standard InChI is InChI=1S/C12H22O2/c1-8-5-6-12(13-7-8)10(3)9(2)11(4)14-12/h8-11H,5-7H2,1-4H3. The van der Waals surface area contributed by atoms with Crippen molar-refractivity contribution in [3.8, 4) is 0 Å². The van der Waals surface area contributed by atoms with E-state index in [-0.39, 0.29) is 5.79 Å². The Hall–Kier alpha value is -0.0800. The first-order valence-electron chi connectivity index (χ1n) is 5.87. The van der Waals surface area contributed by atoms with Gasteiger partial charge in [-0.05, 0) is 25.2 Å². The van der Waals surface area contributed by atoms with Gasteiger partial charge in [0.2, 0.25) is 0 Å². The summed E-state index contributed by atoms with van der Waals surface area (Å²) in [6.45, 7) is 9.82. The van der Waals surface area contributed by atoms with E-state index in [4.69, 9.17) is 9.47 Å². The summed E-state index contributed by atoms with van der Waals surface area (Å²) < 4.78 is 12.0. The van der Waals surface area contributed by atoms with Crippen molar-refractivity contribution in [2.24, 2.45) is 17.8 Å². The summed E-state index contributed by atoms with van der Waals surface area (Å²) in [4.78, 5) is 0. The van der Waals surface area contributed by atoms with Crippen molar-refractivity contribution in [3.05, 3.63) is 0 Å². The van der Waals surface area contributed by atoms with Crippen molar-refractivity contribution in [3.63, 3.8) is 0 Å². The zero-order valence-electron chi connectivity index (χ0n) is 9.75. The molecule has 5 unspecified atom stereocenters. The predicted molar refractivity (Wildman–Crippen MR) is 56.0 cm³/mol. The Kier molecular flexibility index (Phi) is 2.61. The van der Waals surface area contributed by atoms with Gasteiger partial charge in [0.15, 0.2) is 5.79 Å². The molecule has 2 saturated heterocycles. The van der Waals surface area contributed by atoms with Gasteiger partial charge in [0, 0.05) is 12.3 Å². The molecule has 0 saturated carbocycles. The van der Waals surface area contributed by atoms with E-state index in [0.717, 1.165) is 13.0 Å². The van der Waals surface area contributed by atoms with Crippen LogP contribution in [0.1, 0.15) is 40.5 Å². The Bertz CT molecular complexity index is 206. The average molecular weight is 198 g/mol. The highest BCUT2D eigenvalue weighted by molar-refractivity contribution is 4.92. The molecule has 2 rings (SSSR count). The number of hydrogen-bond donors (Lipinski definition) is 0. The minimum atomic E-state index is -0.245. The van der Waals surface area contributed by atoms with E-state index in [0.29, 0.717) is 23.9 Å². The highest BCUT2D eigenvalue weighted by Crippen LogP contribution is 2.46. The van der Waals surface area contributed by atoms with Crippen molar-refractivity contribution in [1.29, 1.82) is 0 Å². The van der Waals surface area contributed by atoms with Gasteiger partial charge in [-0.3, -0.25) is 0 Å². The Morgan fingerprint density at radius 3 is 2.29 bits per heavy atom. The summed E-state index contributed by atoms with van der Waals surface area (Å²) in [5, 5.41) is 0. The topological polar surface area (TPSA) is 18.5 Å². The lowest BCUT2D eigenvalue weighted by Crippen LogP contribution is -2.43. The van der Waals surface area contributed by atoms with Crippen LogP contribution in [0.25, 0.3) is 0 Å². The average Bonchev–Trinajstić information content (AvgIpc) is 2.37. The molecular weight excluding hydrogens is 176 g/mol. The van der Waals surface area contributed by atoms with Crippen molar-refractivity contribution < 1.29 is 9.47 Å². The molecule has 0 aromatic rings. The molecule has 0 aromatic carbocycles. The first-order valence-corrected chi connectivity index (χ1v) is 5.87. The molecule has 2 heteroatoms. The maximum absolute atomic E-state index is 6.04. The van der Waals surface area contributed by atoms with Crippen LogP contribution in [0, 0.1) is 17.8 Å². The van der Waals surface area contributed by atoms with Gasteiger partial charge >= 0.3 is 0 Å². The molecule has 2 fully saturated rings. The molecule has 2 nitrogen and oxygen atoms in total. The van der Waals surface area contributed by atoms with Gasteiger partial charge in [-0.2, -0.15) is 0 Å². The lowest BCUT2D eigenvalue weighted by Gasteiger charge is -2.39. The minimum Gasteiger partial charge on any atom is -0.349 e. The van der Waals surface area contributed by atoms with E-state index in [9.17, 15) is 0 Å². The molecule has 0 aromatic heterocycles. The predicted octanol–water partition coefficient (Wildman–Crippen LogP) is 2.82. The lowest BCUT2D eigenvalue weighted by atomic mass is 9.84. The van der Waals surface area contributed by atoms with Gasteiger partial charge in [-0.1, -0.05) is 20.8 Å². The van der Waals surface area contributed by atoms with Gasteiger partial charge in [0.25, 0.3) is 0 Å². The zero-order chi connectivity index (χ0) is 10.3. The van der Waals surface area contributed by atoms with Crippen molar-refractivity contribution >= 4 is 0 Å². The van der Waals surface area contributed by atoms with Gasteiger partial charge < -0.3 is 9.47 Å². The van der Waals surface area contributed by atoms with Gasteiger partial charge in [-0.25, -0.2) is 0 Å². The highest BCUT2D eigenvalue weighted by atomic mass is 16.7. The number of ether oxygens (including phenoxy) is 2. The Morgan fingerprint density at radius 2 is 1.86 bits per heavy atom. The summed E-state index contributed by atoms with van der Waals surface area (Å²) in [6, 6.07) is 0. The molecule has 0 aliphatic carbocycles. The molecule has 0 amide bonds. The van der Waals surface area contributed by atoms with Crippen LogP contribution in [-0.4, -0.2) is 18.5 Å². The third kappa shape index (κ3) is 1.49. The van der Waals surface area contributed by atoms with Crippen LogP contribution in [0.4, 0.5) is 0 Å². The highest BCUT2D eigenvalue weighted by Gasteiger charge is 2.51. The number of rotatable bonds is 0. The Balaban J connectivity index is 2.10. The second-order valence-electron chi connectivity index (χ2n) is 5.24. The fourth-order valence-electron chi connectivity index (χ4n) is 2.67. The van der Waals surface area contributed by atoms with Crippen molar-refractivity contribution in [1.82, 2.24) is 0 Å². The third-order valence-electron chi connectivity index (χ3n) is 4.21. The van der Waals surface area contributed by atoms with Crippen LogP contribution in [-0.2, 0) is 9.47 Å². The molecule has 1 spiro atoms. The summed E-state index contributed by atoms with van der Waals surface area (Å²) in [7, 11) is 0.